The summed E-state index contributed by atoms with van der Waals surface area (Å²) < 4.78 is 0. The van der Waals surface area contributed by atoms with Gasteiger partial charge in [-0.1, -0.05) is 24.3 Å². The van der Waals surface area contributed by atoms with Crippen molar-refractivity contribution < 1.29 is 9.59 Å². The maximum absolute atomic E-state index is 12.9. The van der Waals surface area contributed by atoms with E-state index in [-0.39, 0.29) is 11.8 Å². The summed E-state index contributed by atoms with van der Waals surface area (Å²) in [6.45, 7) is 0. The molecule has 0 aliphatic heterocycles. The molecule has 0 amide bonds. The van der Waals surface area contributed by atoms with Crippen molar-refractivity contribution in [2.24, 2.45) is 34.5 Å². The predicted molar refractivity (Wildman–Crippen MR) is 65.6 cm³/mol. The second-order valence-corrected chi connectivity index (χ2v) is 6.98. The third kappa shape index (κ3) is 0.717. The van der Waals surface area contributed by atoms with Crippen LogP contribution in [-0.2, 0) is 9.59 Å². The molecule has 0 aromatic rings. The van der Waals surface area contributed by atoms with Crippen LogP contribution in [0.1, 0.15) is 25.7 Å². The molecule has 3 saturated carbocycles. The average Bonchev–Trinajstić information content (AvgIpc) is 3.14. The van der Waals surface area contributed by atoms with E-state index in [9.17, 15) is 9.59 Å². The Morgan fingerprint density at radius 1 is 0.778 bits per heavy atom. The van der Waals surface area contributed by atoms with Crippen molar-refractivity contribution >= 4 is 11.6 Å². The first-order valence-electron chi connectivity index (χ1n) is 7.14. The van der Waals surface area contributed by atoms with Gasteiger partial charge in [-0.2, -0.15) is 0 Å². The highest BCUT2D eigenvalue weighted by molar-refractivity contribution is 6.32. The van der Waals surface area contributed by atoms with E-state index in [0.717, 1.165) is 25.7 Å². The zero-order chi connectivity index (χ0) is 12.1. The minimum Gasteiger partial charge on any atom is -0.297 e. The minimum atomic E-state index is -0.572. The van der Waals surface area contributed by atoms with E-state index in [1.54, 1.807) is 0 Å². The van der Waals surface area contributed by atoms with E-state index < -0.39 is 10.8 Å². The van der Waals surface area contributed by atoms with Crippen LogP contribution in [0.3, 0.4) is 0 Å². The predicted octanol–water partition coefficient (Wildman–Crippen LogP) is 2.30. The molecule has 4 bridgehead atoms. The van der Waals surface area contributed by atoms with E-state index in [1.807, 2.05) is 0 Å². The van der Waals surface area contributed by atoms with E-state index >= 15 is 0 Å². The number of Topliss-reactive ketones (excluding diaryl/α,β-unsaturated/α-hetero) is 2. The van der Waals surface area contributed by atoms with Crippen molar-refractivity contribution in [3.05, 3.63) is 24.3 Å². The van der Waals surface area contributed by atoms with Gasteiger partial charge in [0.25, 0.3) is 0 Å². The van der Waals surface area contributed by atoms with Gasteiger partial charge in [-0.15, -0.1) is 0 Å². The Labute approximate surface area is 106 Å². The fraction of sp³-hybridized carbons (Fsp3) is 0.625. The van der Waals surface area contributed by atoms with Gasteiger partial charge in [0.2, 0.25) is 0 Å². The summed E-state index contributed by atoms with van der Waals surface area (Å²) in [5.41, 5.74) is -1.14. The lowest BCUT2D eigenvalue weighted by atomic mass is 9.43. The third-order valence-corrected chi connectivity index (χ3v) is 6.40. The maximum atomic E-state index is 12.9. The van der Waals surface area contributed by atoms with Crippen LogP contribution >= 0.6 is 0 Å². The Hall–Kier alpha value is -1.18. The largest absolute Gasteiger partial charge is 0.297 e. The molecular formula is C16H16O2. The number of fused-ring (bicyclic) bond motifs is 6. The van der Waals surface area contributed by atoms with Crippen LogP contribution in [0.4, 0.5) is 0 Å². The highest BCUT2D eigenvalue weighted by atomic mass is 16.2. The zero-order valence-corrected chi connectivity index (χ0v) is 10.3. The van der Waals surface area contributed by atoms with Crippen molar-refractivity contribution in [1.29, 1.82) is 0 Å². The van der Waals surface area contributed by atoms with Crippen molar-refractivity contribution in [3.63, 3.8) is 0 Å². The van der Waals surface area contributed by atoms with Crippen LogP contribution in [0.15, 0.2) is 24.3 Å². The molecule has 2 heteroatoms. The Bertz CT molecular complexity index is 491. The van der Waals surface area contributed by atoms with Crippen LogP contribution in [0.2, 0.25) is 0 Å². The zero-order valence-electron chi connectivity index (χ0n) is 10.3. The smallest absolute Gasteiger partial charge is 0.161 e. The Morgan fingerprint density at radius 3 is 1.50 bits per heavy atom. The standard InChI is InChI=1S/C16H16O2/c17-13-15(7-9-1-3-11(15)5-9)14(18)16(13)8-10-2-4-12(16)6-10/h1-4,9-12H,5-8H2/t9-,10+,11-,12+,15?,16?. The molecule has 0 saturated heterocycles. The Kier molecular flexibility index (Phi) is 1.38. The van der Waals surface area contributed by atoms with E-state index in [2.05, 4.69) is 24.3 Å². The summed E-state index contributed by atoms with van der Waals surface area (Å²) in [5.74, 6) is 2.08. The molecule has 0 heterocycles. The van der Waals surface area contributed by atoms with Crippen molar-refractivity contribution in [2.45, 2.75) is 25.7 Å². The fourth-order valence-electron chi connectivity index (χ4n) is 5.70. The van der Waals surface area contributed by atoms with E-state index in [4.69, 9.17) is 0 Å². The first-order chi connectivity index (χ1) is 8.68. The van der Waals surface area contributed by atoms with Gasteiger partial charge in [0.1, 0.15) is 0 Å². The summed E-state index contributed by atoms with van der Waals surface area (Å²) in [5, 5.41) is 0. The second kappa shape index (κ2) is 2.56. The summed E-state index contributed by atoms with van der Waals surface area (Å²) in [6.07, 6.45) is 12.4. The third-order valence-electron chi connectivity index (χ3n) is 6.40. The minimum absolute atomic E-state index is 0.233. The van der Waals surface area contributed by atoms with Gasteiger partial charge < -0.3 is 0 Å². The number of ketones is 2. The molecule has 5 aliphatic rings. The van der Waals surface area contributed by atoms with Crippen LogP contribution in [0, 0.1) is 34.5 Å². The molecule has 18 heavy (non-hydrogen) atoms. The highest BCUT2D eigenvalue weighted by Gasteiger charge is 2.79. The number of allylic oxidation sites excluding steroid dienone is 4. The van der Waals surface area contributed by atoms with Gasteiger partial charge in [0.15, 0.2) is 11.6 Å². The molecular weight excluding hydrogens is 224 g/mol. The molecule has 0 aromatic heterocycles. The normalized spacial score (nSPS) is 58.4. The molecule has 4 atom stereocenters. The molecule has 5 rings (SSSR count). The van der Waals surface area contributed by atoms with Gasteiger partial charge in [-0.25, -0.2) is 0 Å². The van der Waals surface area contributed by atoms with Gasteiger partial charge in [0.05, 0.1) is 10.8 Å². The lowest BCUT2D eigenvalue weighted by Gasteiger charge is -2.54. The molecule has 0 radical (unpaired) electrons. The van der Waals surface area contributed by atoms with Crippen LogP contribution < -0.4 is 0 Å². The van der Waals surface area contributed by atoms with Crippen molar-refractivity contribution in [3.8, 4) is 0 Å². The molecule has 2 spiro atoms. The molecule has 2 nitrogen and oxygen atoms in total. The summed E-state index contributed by atoms with van der Waals surface area (Å²) >= 11 is 0. The highest BCUT2D eigenvalue weighted by Crippen LogP contribution is 2.70. The lowest BCUT2D eigenvalue weighted by Crippen LogP contribution is -2.69. The molecule has 3 fully saturated rings. The maximum Gasteiger partial charge on any atom is 0.161 e. The second-order valence-electron chi connectivity index (χ2n) is 6.98. The number of carbonyl (C=O) groups is 2. The van der Waals surface area contributed by atoms with Gasteiger partial charge in [-0.3, -0.25) is 9.59 Å². The van der Waals surface area contributed by atoms with Crippen LogP contribution in [0.25, 0.3) is 0 Å². The molecule has 0 unspecified atom stereocenters. The average molecular weight is 240 g/mol. The van der Waals surface area contributed by atoms with Crippen molar-refractivity contribution in [2.75, 3.05) is 0 Å². The first-order valence-corrected chi connectivity index (χ1v) is 7.14. The first kappa shape index (κ1) is 9.71. The summed E-state index contributed by atoms with van der Waals surface area (Å²) in [6, 6.07) is 0. The lowest BCUT2D eigenvalue weighted by molar-refractivity contribution is -0.176. The number of hydrogen-bond acceptors (Lipinski definition) is 2. The Balaban J connectivity index is 1.61. The molecule has 0 aromatic carbocycles. The van der Waals surface area contributed by atoms with Gasteiger partial charge in [-0.05, 0) is 49.4 Å². The number of hydrogen-bond donors (Lipinski definition) is 0. The van der Waals surface area contributed by atoms with Crippen LogP contribution in [-0.4, -0.2) is 11.6 Å². The molecule has 0 N–H and O–H groups in total. The van der Waals surface area contributed by atoms with E-state index in [0.29, 0.717) is 23.4 Å². The fourth-order valence-corrected chi connectivity index (χ4v) is 5.70. The van der Waals surface area contributed by atoms with Crippen molar-refractivity contribution in [1.82, 2.24) is 0 Å². The number of carbonyl (C=O) groups excluding carboxylic acids is 2. The topological polar surface area (TPSA) is 34.1 Å². The molecule has 92 valence electrons. The van der Waals surface area contributed by atoms with Gasteiger partial charge >= 0.3 is 0 Å². The van der Waals surface area contributed by atoms with Crippen LogP contribution in [0.5, 0.6) is 0 Å². The number of rotatable bonds is 0. The quantitative estimate of drug-likeness (QED) is 0.481. The summed E-state index contributed by atoms with van der Waals surface area (Å²) in [7, 11) is 0. The molecule has 5 aliphatic carbocycles. The Morgan fingerprint density at radius 2 is 1.22 bits per heavy atom. The van der Waals surface area contributed by atoms with E-state index in [1.165, 1.54) is 0 Å². The monoisotopic (exact) mass is 240 g/mol. The van der Waals surface area contributed by atoms with Gasteiger partial charge in [0, 0.05) is 0 Å². The summed E-state index contributed by atoms with van der Waals surface area (Å²) in [4.78, 5) is 25.8. The SMILES string of the molecule is O=C1C2(C[C@@H]3C=C[C@@H]2C3)C(=O)C12C[C@H]1C=C[C@H]2C1.